The van der Waals surface area contributed by atoms with Crippen LogP contribution in [0.25, 0.3) is 0 Å². The molecule has 1 aliphatic carbocycles. The van der Waals surface area contributed by atoms with Gasteiger partial charge in [-0.15, -0.1) is 0 Å². The van der Waals surface area contributed by atoms with E-state index in [0.717, 1.165) is 19.3 Å². The molecule has 1 heterocycles. The van der Waals surface area contributed by atoms with Crippen molar-refractivity contribution in [3.05, 3.63) is 0 Å². The molecule has 2 fully saturated rings. The van der Waals surface area contributed by atoms with Gasteiger partial charge in [-0.2, -0.15) is 0 Å². The topological polar surface area (TPSA) is 75.6 Å². The highest BCUT2D eigenvalue weighted by molar-refractivity contribution is 5.82. The van der Waals surface area contributed by atoms with Crippen molar-refractivity contribution in [2.24, 2.45) is 11.3 Å². The quantitative estimate of drug-likeness (QED) is 0.765. The third kappa shape index (κ3) is 2.29. The van der Waals surface area contributed by atoms with Crippen LogP contribution in [-0.4, -0.2) is 36.2 Å². The first kappa shape index (κ1) is 12.4. The Balaban J connectivity index is 1.98. The number of hydrogen-bond donors (Lipinski definition) is 2. The summed E-state index contributed by atoms with van der Waals surface area (Å²) in [4.78, 5) is 23.2. The van der Waals surface area contributed by atoms with Gasteiger partial charge >= 0.3 is 5.97 Å². The molecule has 5 nitrogen and oxygen atoms in total. The van der Waals surface area contributed by atoms with E-state index in [2.05, 4.69) is 5.32 Å². The fourth-order valence-electron chi connectivity index (χ4n) is 2.68. The van der Waals surface area contributed by atoms with E-state index in [1.165, 1.54) is 0 Å². The van der Waals surface area contributed by atoms with Gasteiger partial charge in [0.25, 0.3) is 0 Å². The van der Waals surface area contributed by atoms with Crippen molar-refractivity contribution in [3.8, 4) is 0 Å². The molecule has 0 bridgehead atoms. The average molecular weight is 241 g/mol. The van der Waals surface area contributed by atoms with Gasteiger partial charge in [0, 0.05) is 12.6 Å². The van der Waals surface area contributed by atoms with Crippen molar-refractivity contribution in [1.82, 2.24) is 5.32 Å². The maximum atomic E-state index is 11.9. The first-order valence-corrected chi connectivity index (χ1v) is 6.15. The van der Waals surface area contributed by atoms with E-state index >= 15 is 0 Å². The van der Waals surface area contributed by atoms with E-state index in [1.54, 1.807) is 6.92 Å². The highest BCUT2D eigenvalue weighted by Gasteiger charge is 2.46. The average Bonchev–Trinajstić information content (AvgIpc) is 2.89. The van der Waals surface area contributed by atoms with Crippen LogP contribution in [0.2, 0.25) is 0 Å². The Morgan fingerprint density at radius 1 is 1.41 bits per heavy atom. The lowest BCUT2D eigenvalue weighted by Gasteiger charge is -2.28. The second-order valence-electron chi connectivity index (χ2n) is 5.24. The van der Waals surface area contributed by atoms with E-state index in [0.29, 0.717) is 19.6 Å². The first-order valence-electron chi connectivity index (χ1n) is 6.15. The van der Waals surface area contributed by atoms with Crippen LogP contribution in [0.3, 0.4) is 0 Å². The molecule has 3 unspecified atom stereocenters. The zero-order valence-corrected chi connectivity index (χ0v) is 10.1. The van der Waals surface area contributed by atoms with E-state index in [-0.39, 0.29) is 17.9 Å². The van der Waals surface area contributed by atoms with Crippen molar-refractivity contribution in [2.75, 3.05) is 13.2 Å². The summed E-state index contributed by atoms with van der Waals surface area (Å²) >= 11 is 0. The predicted octanol–water partition coefficient (Wildman–Crippen LogP) is 0.782. The van der Waals surface area contributed by atoms with Crippen molar-refractivity contribution in [3.63, 3.8) is 0 Å². The van der Waals surface area contributed by atoms with Gasteiger partial charge in [0.15, 0.2) is 0 Å². The van der Waals surface area contributed by atoms with E-state index < -0.39 is 11.4 Å². The molecule has 1 saturated carbocycles. The molecule has 2 N–H and O–H groups in total. The fourth-order valence-corrected chi connectivity index (χ4v) is 2.68. The zero-order valence-electron chi connectivity index (χ0n) is 10.1. The number of carbonyl (C=O) groups excluding carboxylic acids is 1. The Bertz CT molecular complexity index is 324. The number of carboxylic acids is 1. The molecule has 17 heavy (non-hydrogen) atoms. The second-order valence-corrected chi connectivity index (χ2v) is 5.24. The van der Waals surface area contributed by atoms with Crippen LogP contribution >= 0.6 is 0 Å². The summed E-state index contributed by atoms with van der Waals surface area (Å²) in [6.45, 7) is 2.81. The van der Waals surface area contributed by atoms with Crippen LogP contribution in [0.1, 0.15) is 32.6 Å². The van der Waals surface area contributed by atoms with Crippen molar-refractivity contribution < 1.29 is 19.4 Å². The number of aliphatic carboxylic acids is 1. The van der Waals surface area contributed by atoms with Gasteiger partial charge in [-0.25, -0.2) is 0 Å². The molecule has 1 saturated heterocycles. The van der Waals surface area contributed by atoms with Gasteiger partial charge in [-0.1, -0.05) is 6.42 Å². The molecule has 5 heteroatoms. The minimum absolute atomic E-state index is 0.0538. The molecule has 0 aromatic carbocycles. The fraction of sp³-hybridized carbons (Fsp3) is 0.833. The lowest BCUT2D eigenvalue weighted by atomic mass is 9.84. The van der Waals surface area contributed by atoms with Crippen LogP contribution in [0, 0.1) is 11.3 Å². The monoisotopic (exact) mass is 241 g/mol. The lowest BCUT2D eigenvalue weighted by Crippen LogP contribution is -2.48. The van der Waals surface area contributed by atoms with Crippen LogP contribution in [-0.2, 0) is 14.3 Å². The van der Waals surface area contributed by atoms with Crippen LogP contribution in [0.4, 0.5) is 0 Å². The Morgan fingerprint density at radius 3 is 2.76 bits per heavy atom. The summed E-state index contributed by atoms with van der Waals surface area (Å²) in [5.74, 6) is -0.974. The maximum Gasteiger partial charge on any atom is 0.311 e. The van der Waals surface area contributed by atoms with E-state index in [1.807, 2.05) is 0 Å². The maximum absolute atomic E-state index is 11.9. The molecule has 0 radical (unpaired) electrons. The molecule has 1 aliphatic heterocycles. The molecular formula is C12H19NO4. The molecule has 1 amide bonds. The smallest absolute Gasteiger partial charge is 0.311 e. The van der Waals surface area contributed by atoms with Crippen LogP contribution in [0.15, 0.2) is 0 Å². The summed E-state index contributed by atoms with van der Waals surface area (Å²) in [6, 6.07) is -0.242. The molecule has 3 atom stereocenters. The van der Waals surface area contributed by atoms with Crippen LogP contribution < -0.4 is 5.32 Å². The van der Waals surface area contributed by atoms with Gasteiger partial charge in [-0.05, 0) is 26.2 Å². The predicted molar refractivity (Wildman–Crippen MR) is 60.5 cm³/mol. The molecule has 0 aromatic rings. The first-order chi connectivity index (χ1) is 8.04. The van der Waals surface area contributed by atoms with E-state index in [4.69, 9.17) is 4.74 Å². The third-order valence-electron chi connectivity index (χ3n) is 4.06. The standard InChI is InChI=1S/C12H19NO4/c1-12(11(15)16)5-2-3-9(12)13-10(14)8-4-6-17-7-8/h8-9H,2-7H2,1H3,(H,13,14)(H,15,16). The Labute approximate surface area is 101 Å². The van der Waals surface area contributed by atoms with Crippen LogP contribution in [0.5, 0.6) is 0 Å². The summed E-state index contributed by atoms with van der Waals surface area (Å²) in [5, 5.41) is 12.1. The number of hydrogen-bond acceptors (Lipinski definition) is 3. The summed E-state index contributed by atoms with van der Waals surface area (Å²) in [6.07, 6.45) is 2.98. The number of nitrogens with one attached hydrogen (secondary N) is 1. The number of carboxylic acid groups (broad SMARTS) is 1. The summed E-state index contributed by atoms with van der Waals surface area (Å²) in [5.41, 5.74) is -0.810. The van der Waals surface area contributed by atoms with E-state index in [9.17, 15) is 14.7 Å². The summed E-state index contributed by atoms with van der Waals surface area (Å²) in [7, 11) is 0. The minimum atomic E-state index is -0.817. The zero-order chi connectivity index (χ0) is 12.5. The largest absolute Gasteiger partial charge is 0.481 e. The molecule has 2 aliphatic rings. The Kier molecular flexibility index (Phi) is 3.38. The normalized spacial score (nSPS) is 37.0. The molecule has 96 valence electrons. The highest BCUT2D eigenvalue weighted by Crippen LogP contribution is 2.38. The number of amides is 1. The SMILES string of the molecule is CC1(C(=O)O)CCCC1NC(=O)C1CCOC1. The molecule has 0 aromatic heterocycles. The third-order valence-corrected chi connectivity index (χ3v) is 4.06. The van der Waals surface area contributed by atoms with Crippen molar-refractivity contribution in [1.29, 1.82) is 0 Å². The number of carbonyl (C=O) groups is 2. The van der Waals surface area contributed by atoms with Crippen molar-refractivity contribution >= 4 is 11.9 Å². The van der Waals surface area contributed by atoms with Gasteiger partial charge < -0.3 is 15.2 Å². The van der Waals surface area contributed by atoms with Crippen molar-refractivity contribution in [2.45, 2.75) is 38.6 Å². The second kappa shape index (κ2) is 4.64. The van der Waals surface area contributed by atoms with Gasteiger partial charge in [0.1, 0.15) is 0 Å². The molecule has 2 rings (SSSR count). The lowest BCUT2D eigenvalue weighted by molar-refractivity contribution is -0.149. The molecular weight excluding hydrogens is 222 g/mol. The Hall–Kier alpha value is -1.10. The minimum Gasteiger partial charge on any atom is -0.481 e. The molecule has 0 spiro atoms. The summed E-state index contributed by atoms with van der Waals surface area (Å²) < 4.78 is 5.16. The van der Waals surface area contributed by atoms with Gasteiger partial charge in [0.2, 0.25) is 5.91 Å². The Morgan fingerprint density at radius 2 is 2.18 bits per heavy atom. The van der Waals surface area contributed by atoms with Gasteiger partial charge in [-0.3, -0.25) is 9.59 Å². The number of rotatable bonds is 3. The number of ether oxygens (including phenoxy) is 1. The van der Waals surface area contributed by atoms with Gasteiger partial charge in [0.05, 0.1) is 17.9 Å². The highest BCUT2D eigenvalue weighted by atomic mass is 16.5.